The Morgan fingerprint density at radius 3 is 2.80 bits per heavy atom. The number of hydrogen-bond donors (Lipinski definition) is 1. The molecule has 1 N–H and O–H groups in total. The third kappa shape index (κ3) is 2.32. The molecule has 0 heterocycles. The number of benzene rings is 1. The van der Waals surface area contributed by atoms with Gasteiger partial charge in [-0.2, -0.15) is 0 Å². The van der Waals surface area contributed by atoms with E-state index in [9.17, 15) is 15.2 Å². The first-order valence-electron chi connectivity index (χ1n) is 4.23. The second kappa shape index (κ2) is 4.56. The van der Waals surface area contributed by atoms with Gasteiger partial charge >= 0.3 is 5.69 Å². The number of nitro groups is 1. The summed E-state index contributed by atoms with van der Waals surface area (Å²) in [6, 6.07) is 4.27. The molecule has 1 unspecified atom stereocenters. The molecule has 0 spiro atoms. The molecular weight excluding hydrogens is 198 g/mol. The van der Waals surface area contributed by atoms with Crippen LogP contribution in [0.4, 0.5) is 5.69 Å². The van der Waals surface area contributed by atoms with Crippen molar-refractivity contribution in [3.8, 4) is 5.75 Å². The zero-order valence-corrected chi connectivity index (χ0v) is 8.21. The average molecular weight is 209 g/mol. The van der Waals surface area contributed by atoms with Gasteiger partial charge in [0.15, 0.2) is 5.75 Å². The van der Waals surface area contributed by atoms with Crippen LogP contribution in [-0.2, 0) is 0 Å². The third-order valence-electron chi connectivity index (χ3n) is 1.96. The smallest absolute Gasteiger partial charge is 0.311 e. The number of rotatable bonds is 4. The van der Waals surface area contributed by atoms with E-state index in [1.807, 2.05) is 0 Å². The standard InChI is InChI=1S/C10H11NO4/c1-3-9(12)7-4-5-10(15-2)8(6-7)11(13)14/h3-6,9,12H,1H2,2H3. The van der Waals surface area contributed by atoms with Crippen LogP contribution < -0.4 is 4.74 Å². The SMILES string of the molecule is C=CC(O)c1ccc(OC)c([N+](=O)[O-])c1. The molecule has 1 rings (SSSR count). The first-order valence-corrected chi connectivity index (χ1v) is 4.23. The number of nitro benzene ring substituents is 1. The number of ether oxygens (including phenoxy) is 1. The predicted octanol–water partition coefficient (Wildman–Crippen LogP) is 1.82. The third-order valence-corrected chi connectivity index (χ3v) is 1.96. The van der Waals surface area contributed by atoms with Crippen LogP contribution >= 0.6 is 0 Å². The molecule has 1 aromatic rings. The van der Waals surface area contributed by atoms with Crippen molar-refractivity contribution in [1.29, 1.82) is 0 Å². The highest BCUT2D eigenvalue weighted by molar-refractivity contribution is 5.49. The normalized spacial score (nSPS) is 11.9. The zero-order chi connectivity index (χ0) is 11.4. The highest BCUT2D eigenvalue weighted by Crippen LogP contribution is 2.29. The number of aliphatic hydroxyl groups is 1. The number of hydrogen-bond acceptors (Lipinski definition) is 4. The first-order chi connectivity index (χ1) is 7.10. The summed E-state index contributed by atoms with van der Waals surface area (Å²) in [5, 5.41) is 20.1. The lowest BCUT2D eigenvalue weighted by Gasteiger charge is -2.07. The fraction of sp³-hybridized carbons (Fsp3) is 0.200. The molecule has 0 aliphatic heterocycles. The second-order valence-electron chi connectivity index (χ2n) is 2.87. The first kappa shape index (κ1) is 11.2. The molecule has 0 aliphatic rings. The fourth-order valence-corrected chi connectivity index (χ4v) is 1.17. The zero-order valence-electron chi connectivity index (χ0n) is 8.21. The van der Waals surface area contributed by atoms with E-state index >= 15 is 0 Å². The van der Waals surface area contributed by atoms with E-state index < -0.39 is 11.0 Å². The van der Waals surface area contributed by atoms with Gasteiger partial charge in [-0.1, -0.05) is 12.1 Å². The lowest BCUT2D eigenvalue weighted by atomic mass is 10.1. The average Bonchev–Trinajstić information content (AvgIpc) is 2.27. The number of nitrogens with zero attached hydrogens (tertiary/aromatic N) is 1. The molecule has 5 nitrogen and oxygen atoms in total. The van der Waals surface area contributed by atoms with Crippen molar-refractivity contribution >= 4 is 5.69 Å². The summed E-state index contributed by atoms with van der Waals surface area (Å²) in [7, 11) is 1.35. The van der Waals surface area contributed by atoms with Crippen molar-refractivity contribution in [3.05, 3.63) is 46.5 Å². The number of methoxy groups -OCH3 is 1. The highest BCUT2D eigenvalue weighted by atomic mass is 16.6. The quantitative estimate of drug-likeness (QED) is 0.466. The van der Waals surface area contributed by atoms with E-state index in [0.29, 0.717) is 5.56 Å². The fourth-order valence-electron chi connectivity index (χ4n) is 1.17. The molecular formula is C10H11NO4. The molecule has 0 fully saturated rings. The van der Waals surface area contributed by atoms with E-state index in [-0.39, 0.29) is 11.4 Å². The van der Waals surface area contributed by atoms with Crippen molar-refractivity contribution in [3.63, 3.8) is 0 Å². The van der Waals surface area contributed by atoms with Crippen molar-refractivity contribution < 1.29 is 14.8 Å². The van der Waals surface area contributed by atoms with E-state index in [4.69, 9.17) is 4.74 Å². The minimum atomic E-state index is -0.908. The Morgan fingerprint density at radius 1 is 1.67 bits per heavy atom. The molecule has 1 atom stereocenters. The molecule has 0 saturated carbocycles. The Morgan fingerprint density at radius 2 is 2.33 bits per heavy atom. The van der Waals surface area contributed by atoms with E-state index in [1.54, 1.807) is 6.07 Å². The van der Waals surface area contributed by atoms with Crippen molar-refractivity contribution in [2.75, 3.05) is 7.11 Å². The van der Waals surface area contributed by atoms with Crippen molar-refractivity contribution in [2.45, 2.75) is 6.10 Å². The van der Waals surface area contributed by atoms with E-state index in [0.717, 1.165) is 0 Å². The van der Waals surface area contributed by atoms with Crippen LogP contribution in [0.1, 0.15) is 11.7 Å². The molecule has 80 valence electrons. The Hall–Kier alpha value is -1.88. The summed E-state index contributed by atoms with van der Waals surface area (Å²) in [4.78, 5) is 10.1. The van der Waals surface area contributed by atoms with Crippen LogP contribution in [-0.4, -0.2) is 17.1 Å². The van der Waals surface area contributed by atoms with Crippen LogP contribution in [0.5, 0.6) is 5.75 Å². The maximum absolute atomic E-state index is 10.7. The van der Waals surface area contributed by atoms with E-state index in [1.165, 1.54) is 25.3 Å². The van der Waals surface area contributed by atoms with Gasteiger partial charge < -0.3 is 9.84 Å². The molecule has 5 heteroatoms. The van der Waals surface area contributed by atoms with Gasteiger partial charge in [0.25, 0.3) is 0 Å². The monoisotopic (exact) mass is 209 g/mol. The minimum absolute atomic E-state index is 0.167. The highest BCUT2D eigenvalue weighted by Gasteiger charge is 2.16. The summed E-state index contributed by atoms with van der Waals surface area (Å²) in [6.45, 7) is 3.40. The summed E-state index contributed by atoms with van der Waals surface area (Å²) in [5.41, 5.74) is 0.244. The predicted molar refractivity (Wildman–Crippen MR) is 54.8 cm³/mol. The molecule has 0 saturated heterocycles. The molecule has 15 heavy (non-hydrogen) atoms. The molecule has 0 amide bonds. The van der Waals surface area contributed by atoms with Gasteiger partial charge in [0.2, 0.25) is 0 Å². The van der Waals surface area contributed by atoms with Gasteiger partial charge in [0.05, 0.1) is 18.1 Å². The maximum atomic E-state index is 10.7. The van der Waals surface area contributed by atoms with Gasteiger partial charge in [0.1, 0.15) is 0 Å². The van der Waals surface area contributed by atoms with Crippen molar-refractivity contribution in [1.82, 2.24) is 0 Å². The molecule has 0 aromatic heterocycles. The van der Waals surface area contributed by atoms with E-state index in [2.05, 4.69) is 6.58 Å². The molecule has 0 aliphatic carbocycles. The van der Waals surface area contributed by atoms with Gasteiger partial charge in [-0.15, -0.1) is 6.58 Å². The van der Waals surface area contributed by atoms with Crippen LogP contribution in [0, 0.1) is 10.1 Å². The van der Waals surface area contributed by atoms with Gasteiger partial charge in [-0.25, -0.2) is 0 Å². The second-order valence-corrected chi connectivity index (χ2v) is 2.87. The minimum Gasteiger partial charge on any atom is -0.490 e. The number of aliphatic hydroxyl groups excluding tert-OH is 1. The maximum Gasteiger partial charge on any atom is 0.311 e. The summed E-state index contributed by atoms with van der Waals surface area (Å²) < 4.78 is 4.83. The largest absolute Gasteiger partial charge is 0.490 e. The van der Waals surface area contributed by atoms with Crippen LogP contribution in [0.3, 0.4) is 0 Å². The lowest BCUT2D eigenvalue weighted by molar-refractivity contribution is -0.385. The molecule has 0 bridgehead atoms. The van der Waals surface area contributed by atoms with Gasteiger partial charge in [0, 0.05) is 6.07 Å². The Labute approximate surface area is 86.8 Å². The summed E-state index contributed by atoms with van der Waals surface area (Å²) >= 11 is 0. The van der Waals surface area contributed by atoms with Gasteiger partial charge in [-0.05, 0) is 11.6 Å². The summed E-state index contributed by atoms with van der Waals surface area (Å²) in [5.74, 6) is 0.167. The van der Waals surface area contributed by atoms with Gasteiger partial charge in [-0.3, -0.25) is 10.1 Å². The van der Waals surface area contributed by atoms with Crippen LogP contribution in [0.2, 0.25) is 0 Å². The Kier molecular flexibility index (Phi) is 3.41. The van der Waals surface area contributed by atoms with Crippen LogP contribution in [0.15, 0.2) is 30.9 Å². The summed E-state index contributed by atoms with van der Waals surface area (Å²) in [6.07, 6.45) is 0.389. The topological polar surface area (TPSA) is 72.6 Å². The Bertz CT molecular complexity index is 389. The molecule has 0 radical (unpaired) electrons. The Balaban J connectivity index is 3.21. The lowest BCUT2D eigenvalue weighted by Crippen LogP contribution is -1.98. The van der Waals surface area contributed by atoms with Crippen molar-refractivity contribution in [2.24, 2.45) is 0 Å². The molecule has 1 aromatic carbocycles. The van der Waals surface area contributed by atoms with Crippen LogP contribution in [0.25, 0.3) is 0 Å².